The SMILES string of the molecule is C=CS(=O)(=O)NCC1CCCN1S(=O)(=O)c1ccc(/C(=C\c2ccccc2)C(=O)N2CCOCC2)cc1. The summed E-state index contributed by atoms with van der Waals surface area (Å²) in [6.07, 6.45) is 2.99. The van der Waals surface area contributed by atoms with E-state index in [0.29, 0.717) is 56.8 Å². The van der Waals surface area contributed by atoms with Crippen LogP contribution in [0, 0.1) is 0 Å². The van der Waals surface area contributed by atoms with E-state index in [4.69, 9.17) is 4.74 Å². The molecule has 2 aliphatic rings. The molecule has 1 amide bonds. The van der Waals surface area contributed by atoms with E-state index in [0.717, 1.165) is 11.0 Å². The largest absolute Gasteiger partial charge is 0.378 e. The summed E-state index contributed by atoms with van der Waals surface area (Å²) in [5.41, 5.74) is 1.93. The summed E-state index contributed by atoms with van der Waals surface area (Å²) in [5, 5.41) is 0.804. The fraction of sp³-hybridized carbons (Fsp3) is 0.346. The maximum absolute atomic E-state index is 13.4. The minimum absolute atomic E-state index is 0.0241. The van der Waals surface area contributed by atoms with E-state index < -0.39 is 26.1 Å². The predicted molar refractivity (Wildman–Crippen MR) is 142 cm³/mol. The second kappa shape index (κ2) is 11.7. The molecule has 9 nitrogen and oxygen atoms in total. The van der Waals surface area contributed by atoms with Crippen molar-refractivity contribution in [3.8, 4) is 0 Å². The van der Waals surface area contributed by atoms with Gasteiger partial charge in [0.2, 0.25) is 20.0 Å². The van der Waals surface area contributed by atoms with E-state index in [1.807, 2.05) is 36.4 Å². The zero-order chi connectivity index (χ0) is 26.5. The van der Waals surface area contributed by atoms with Gasteiger partial charge in [-0.05, 0) is 42.2 Å². The molecule has 1 N–H and O–H groups in total. The number of carbonyl (C=O) groups excluding carboxylic acids is 1. The molecule has 198 valence electrons. The molecule has 0 bridgehead atoms. The van der Waals surface area contributed by atoms with Gasteiger partial charge >= 0.3 is 0 Å². The third kappa shape index (κ3) is 6.55. The number of sulfonamides is 2. The number of carbonyl (C=O) groups is 1. The number of nitrogens with zero attached hydrogens (tertiary/aromatic N) is 2. The quantitative estimate of drug-likeness (QED) is 0.382. The van der Waals surface area contributed by atoms with Crippen molar-refractivity contribution in [2.45, 2.75) is 23.8 Å². The molecule has 2 aromatic rings. The number of nitrogens with one attached hydrogen (secondary N) is 1. The third-order valence-electron chi connectivity index (χ3n) is 6.47. The molecule has 1 atom stereocenters. The summed E-state index contributed by atoms with van der Waals surface area (Å²) in [5.74, 6) is -0.142. The Balaban J connectivity index is 1.60. The lowest BCUT2D eigenvalue weighted by atomic mass is 10.0. The Morgan fingerprint density at radius 1 is 1.00 bits per heavy atom. The maximum Gasteiger partial charge on any atom is 0.254 e. The van der Waals surface area contributed by atoms with Gasteiger partial charge in [-0.2, -0.15) is 4.31 Å². The molecule has 2 heterocycles. The second-order valence-electron chi connectivity index (χ2n) is 8.87. The number of benzene rings is 2. The van der Waals surface area contributed by atoms with Crippen molar-refractivity contribution in [2.75, 3.05) is 39.4 Å². The van der Waals surface area contributed by atoms with Crippen LogP contribution >= 0.6 is 0 Å². The van der Waals surface area contributed by atoms with Crippen LogP contribution in [0.5, 0.6) is 0 Å². The normalized spacial score (nSPS) is 19.6. The fourth-order valence-corrected chi connectivity index (χ4v) is 6.70. The van der Waals surface area contributed by atoms with E-state index in [1.54, 1.807) is 17.0 Å². The Hall–Kier alpha value is -2.83. The molecule has 2 fully saturated rings. The summed E-state index contributed by atoms with van der Waals surface area (Å²) in [4.78, 5) is 15.3. The van der Waals surface area contributed by atoms with Gasteiger partial charge in [0.15, 0.2) is 0 Å². The lowest BCUT2D eigenvalue weighted by Gasteiger charge is -2.28. The van der Waals surface area contributed by atoms with Crippen LogP contribution in [0.25, 0.3) is 11.6 Å². The highest BCUT2D eigenvalue weighted by Crippen LogP contribution is 2.28. The molecule has 11 heteroatoms. The fourth-order valence-electron chi connectivity index (χ4n) is 4.46. The first-order valence-electron chi connectivity index (χ1n) is 12.1. The van der Waals surface area contributed by atoms with Crippen molar-refractivity contribution in [1.29, 1.82) is 0 Å². The molecule has 37 heavy (non-hydrogen) atoms. The van der Waals surface area contributed by atoms with Gasteiger partial charge in [0.05, 0.1) is 18.1 Å². The molecular weight excluding hydrogens is 514 g/mol. The summed E-state index contributed by atoms with van der Waals surface area (Å²) in [6.45, 7) is 5.47. The van der Waals surface area contributed by atoms with E-state index in [1.165, 1.54) is 16.4 Å². The number of amides is 1. The van der Waals surface area contributed by atoms with Crippen molar-refractivity contribution >= 4 is 37.6 Å². The average molecular weight is 546 g/mol. The van der Waals surface area contributed by atoms with Gasteiger partial charge in [-0.25, -0.2) is 21.6 Å². The van der Waals surface area contributed by atoms with Gasteiger partial charge in [0.25, 0.3) is 5.91 Å². The lowest BCUT2D eigenvalue weighted by Crippen LogP contribution is -2.42. The van der Waals surface area contributed by atoms with Gasteiger partial charge in [0, 0.05) is 43.2 Å². The number of hydrogen-bond donors (Lipinski definition) is 1. The molecule has 2 saturated heterocycles. The summed E-state index contributed by atoms with van der Waals surface area (Å²) in [6, 6.07) is 15.3. The van der Waals surface area contributed by atoms with Crippen LogP contribution in [0.3, 0.4) is 0 Å². The Morgan fingerprint density at radius 3 is 2.32 bits per heavy atom. The first kappa shape index (κ1) is 27.2. The number of morpholine rings is 1. The molecule has 2 aliphatic heterocycles. The summed E-state index contributed by atoms with van der Waals surface area (Å²) < 4.78 is 59.4. The molecule has 4 rings (SSSR count). The van der Waals surface area contributed by atoms with Crippen molar-refractivity contribution in [1.82, 2.24) is 13.9 Å². The standard InChI is InChI=1S/C26H31N3O6S2/c1-2-36(31,32)27-20-23-9-6-14-29(23)37(33,34)24-12-10-22(11-13-24)25(19-21-7-4-3-5-8-21)26(30)28-15-17-35-18-16-28/h2-5,7-8,10-13,19,23,27H,1,6,9,14-18,20H2/b25-19+. The lowest BCUT2D eigenvalue weighted by molar-refractivity contribution is -0.128. The van der Waals surface area contributed by atoms with E-state index in [-0.39, 0.29) is 17.3 Å². The molecule has 0 aromatic heterocycles. The van der Waals surface area contributed by atoms with E-state index >= 15 is 0 Å². The van der Waals surface area contributed by atoms with Crippen LogP contribution in [0.15, 0.2) is 71.5 Å². The Bertz CT molecular complexity index is 1350. The predicted octanol–water partition coefficient (Wildman–Crippen LogP) is 2.30. The van der Waals surface area contributed by atoms with Crippen molar-refractivity contribution in [3.63, 3.8) is 0 Å². The molecule has 0 aliphatic carbocycles. The van der Waals surface area contributed by atoms with Crippen molar-refractivity contribution in [2.24, 2.45) is 0 Å². The van der Waals surface area contributed by atoms with Crippen LogP contribution in [-0.4, -0.2) is 77.4 Å². The number of ether oxygens (including phenoxy) is 1. The number of rotatable bonds is 9. The van der Waals surface area contributed by atoms with Gasteiger partial charge in [-0.15, -0.1) is 0 Å². The summed E-state index contributed by atoms with van der Waals surface area (Å²) in [7, 11) is -7.52. The summed E-state index contributed by atoms with van der Waals surface area (Å²) >= 11 is 0. The molecular formula is C26H31N3O6S2. The van der Waals surface area contributed by atoms with Crippen LogP contribution in [0.1, 0.15) is 24.0 Å². The molecule has 0 radical (unpaired) electrons. The smallest absolute Gasteiger partial charge is 0.254 e. The van der Waals surface area contributed by atoms with E-state index in [9.17, 15) is 21.6 Å². The van der Waals surface area contributed by atoms with Gasteiger partial charge < -0.3 is 9.64 Å². The number of hydrogen-bond acceptors (Lipinski definition) is 6. The highest BCUT2D eigenvalue weighted by molar-refractivity contribution is 7.92. The molecule has 2 aromatic carbocycles. The van der Waals surface area contributed by atoms with Crippen molar-refractivity contribution < 1.29 is 26.4 Å². The van der Waals surface area contributed by atoms with Gasteiger partial charge in [-0.3, -0.25) is 4.79 Å². The third-order valence-corrected chi connectivity index (χ3v) is 9.45. The zero-order valence-electron chi connectivity index (χ0n) is 20.5. The molecule has 0 spiro atoms. The van der Waals surface area contributed by atoms with Crippen LogP contribution in [-0.2, 0) is 29.6 Å². The van der Waals surface area contributed by atoms with Crippen LogP contribution < -0.4 is 4.72 Å². The molecule has 1 unspecified atom stereocenters. The molecule has 0 saturated carbocycles. The monoisotopic (exact) mass is 545 g/mol. The highest BCUT2D eigenvalue weighted by atomic mass is 32.2. The van der Waals surface area contributed by atoms with Gasteiger partial charge in [0.1, 0.15) is 0 Å². The Labute approximate surface area is 218 Å². The Morgan fingerprint density at radius 2 is 1.68 bits per heavy atom. The maximum atomic E-state index is 13.4. The highest BCUT2D eigenvalue weighted by Gasteiger charge is 2.35. The first-order chi connectivity index (χ1) is 17.7. The van der Waals surface area contributed by atoms with Crippen LogP contribution in [0.2, 0.25) is 0 Å². The average Bonchev–Trinajstić information content (AvgIpc) is 3.41. The first-order valence-corrected chi connectivity index (χ1v) is 15.1. The van der Waals surface area contributed by atoms with Crippen molar-refractivity contribution in [3.05, 3.63) is 77.7 Å². The Kier molecular flexibility index (Phi) is 8.60. The minimum Gasteiger partial charge on any atom is -0.378 e. The zero-order valence-corrected chi connectivity index (χ0v) is 22.1. The second-order valence-corrected chi connectivity index (χ2v) is 12.5. The van der Waals surface area contributed by atoms with Gasteiger partial charge in [-0.1, -0.05) is 49.0 Å². The minimum atomic E-state index is -3.86. The van der Waals surface area contributed by atoms with E-state index in [2.05, 4.69) is 11.3 Å². The van der Waals surface area contributed by atoms with Crippen LogP contribution in [0.4, 0.5) is 0 Å². The topological polar surface area (TPSA) is 113 Å².